The molecule has 0 saturated carbocycles. The van der Waals surface area contributed by atoms with Gasteiger partial charge in [0.2, 0.25) is 0 Å². The number of fused-ring (bicyclic) bond motifs is 2. The number of rotatable bonds is 7. The second-order valence-electron chi connectivity index (χ2n) is 9.47. The Morgan fingerprint density at radius 3 is 2.51 bits per heavy atom. The fraction of sp³-hybridized carbons (Fsp3) is 0.375. The number of guanidine groups is 1. The molecule has 0 bridgehead atoms. The van der Waals surface area contributed by atoms with Gasteiger partial charge in [-0.1, -0.05) is 11.6 Å². The van der Waals surface area contributed by atoms with E-state index in [1.165, 1.54) is 12.1 Å². The molecular weight excluding hydrogens is 522 g/mol. The molecule has 0 unspecified atom stereocenters. The lowest BCUT2D eigenvalue weighted by Gasteiger charge is -2.32. The van der Waals surface area contributed by atoms with Gasteiger partial charge in [-0.3, -0.25) is 4.79 Å². The first-order valence-electron chi connectivity index (χ1n) is 11.7. The minimum Gasteiger partial charge on any atom is -0.477 e. The number of carbonyl (C=O) groups is 2. The molecule has 2 aliphatic rings. The van der Waals surface area contributed by atoms with Gasteiger partial charge >= 0.3 is 5.97 Å². The van der Waals surface area contributed by atoms with Crippen LogP contribution in [0.1, 0.15) is 34.3 Å². The minimum atomic E-state index is -3.93. The number of benzene rings is 2. The second kappa shape index (κ2) is 10.2. The second-order valence-corrected chi connectivity index (χ2v) is 11.8. The lowest BCUT2D eigenvalue weighted by Crippen LogP contribution is -2.51. The van der Waals surface area contributed by atoms with Crippen molar-refractivity contribution in [1.82, 2.24) is 0 Å². The molecule has 1 fully saturated rings. The normalized spacial score (nSPS) is 17.0. The zero-order valence-electron chi connectivity index (χ0n) is 20.3. The fourth-order valence-electron chi connectivity index (χ4n) is 4.96. The highest BCUT2D eigenvalue weighted by atomic mass is 35.5. The lowest BCUT2D eigenvalue weighted by molar-refractivity contribution is -0.908. The number of nitrogens with two attached hydrogens (primary N) is 2. The van der Waals surface area contributed by atoms with Crippen LogP contribution in [0.2, 0.25) is 5.02 Å². The van der Waals surface area contributed by atoms with E-state index in [-0.39, 0.29) is 33.5 Å². The topological polar surface area (TPSA) is 174 Å². The summed E-state index contributed by atoms with van der Waals surface area (Å²) >= 11 is 6.53. The summed E-state index contributed by atoms with van der Waals surface area (Å²) in [6, 6.07) is 5.96. The van der Waals surface area contributed by atoms with Crippen molar-refractivity contribution in [2.45, 2.75) is 30.4 Å². The Balaban J connectivity index is 1.61. The predicted octanol–water partition coefficient (Wildman–Crippen LogP) is 2.25. The van der Waals surface area contributed by atoms with Crippen LogP contribution in [-0.2, 0) is 20.4 Å². The quantitative estimate of drug-likeness (QED) is 0.229. The van der Waals surface area contributed by atoms with Crippen molar-refractivity contribution >= 4 is 45.0 Å². The third-order valence-electron chi connectivity index (χ3n) is 6.62. The zero-order valence-corrected chi connectivity index (χ0v) is 21.9. The van der Waals surface area contributed by atoms with Crippen molar-refractivity contribution in [3.8, 4) is 11.5 Å². The van der Waals surface area contributed by atoms with E-state index in [0.29, 0.717) is 34.4 Å². The van der Waals surface area contributed by atoms with Crippen molar-refractivity contribution in [2.75, 3.05) is 38.0 Å². The van der Waals surface area contributed by atoms with Gasteiger partial charge in [-0.15, -0.1) is 0 Å². The number of nitrogens with one attached hydrogen (secondary N) is 1. The number of carboxylic acid groups (broad SMARTS) is 1. The molecule has 2 aromatic rings. The predicted molar refractivity (Wildman–Crippen MR) is 139 cm³/mol. The van der Waals surface area contributed by atoms with Gasteiger partial charge in [0, 0.05) is 29.7 Å². The summed E-state index contributed by atoms with van der Waals surface area (Å²) in [7, 11) is -3.93. The average Bonchev–Trinajstić information content (AvgIpc) is 3.18. The number of carboxylic acids is 1. The van der Waals surface area contributed by atoms with Gasteiger partial charge in [0.15, 0.2) is 22.3 Å². The van der Waals surface area contributed by atoms with Crippen molar-refractivity contribution < 1.29 is 32.3 Å². The molecule has 13 heteroatoms. The van der Waals surface area contributed by atoms with Crippen molar-refractivity contribution in [2.24, 2.45) is 16.5 Å². The Hall–Kier alpha value is -3.35. The molecule has 37 heavy (non-hydrogen) atoms. The van der Waals surface area contributed by atoms with E-state index in [2.05, 4.69) is 10.3 Å². The number of ether oxygens (including phenoxy) is 1. The molecule has 2 aliphatic heterocycles. The maximum Gasteiger partial charge on any atom is 0.359 e. The summed E-state index contributed by atoms with van der Waals surface area (Å²) < 4.78 is 33.2. The molecule has 0 atom stereocenters. The van der Waals surface area contributed by atoms with Gasteiger partial charge < -0.3 is 31.1 Å². The van der Waals surface area contributed by atoms with Crippen LogP contribution in [0, 0.1) is 6.92 Å². The zero-order chi connectivity index (χ0) is 27.0. The van der Waals surface area contributed by atoms with Crippen molar-refractivity contribution in [3.05, 3.63) is 46.0 Å². The third kappa shape index (κ3) is 5.81. The standard InChI is InChI=1S/C24H28ClN5O6S/c1-14-8-15(23(33)29-24(26)27)10-19-21(14)36-22-16(13-37(19,34)35)9-17(11-18(22)25)28-4-7-30(12-20(31)32)5-2-3-6-30/h8-11,28H,2-7,12-13H2,1H3,(H4-,26,27,29,31,32,33)/p+1. The highest BCUT2D eigenvalue weighted by Crippen LogP contribution is 2.44. The van der Waals surface area contributed by atoms with E-state index in [1.807, 2.05) is 0 Å². The summed E-state index contributed by atoms with van der Waals surface area (Å²) in [5.74, 6) is -2.13. The Kier molecular flexibility index (Phi) is 7.36. The Labute approximate surface area is 219 Å². The molecule has 0 aromatic heterocycles. The number of nitrogens with zero attached hydrogens (tertiary/aromatic N) is 2. The van der Waals surface area contributed by atoms with Crippen molar-refractivity contribution in [1.29, 1.82) is 0 Å². The summed E-state index contributed by atoms with van der Waals surface area (Å²) in [5.41, 5.74) is 11.9. The number of aliphatic imine (C=N–C) groups is 1. The van der Waals surface area contributed by atoms with Crippen LogP contribution >= 0.6 is 11.6 Å². The molecule has 4 rings (SSSR count). The highest BCUT2D eigenvalue weighted by Gasteiger charge is 2.34. The van der Waals surface area contributed by atoms with E-state index in [0.717, 1.165) is 25.9 Å². The van der Waals surface area contributed by atoms with Gasteiger partial charge in [-0.05, 0) is 36.8 Å². The fourth-order valence-corrected chi connectivity index (χ4v) is 6.81. The monoisotopic (exact) mass is 550 g/mol. The summed E-state index contributed by atoms with van der Waals surface area (Å²) in [6.07, 6.45) is 1.98. The Morgan fingerprint density at radius 1 is 1.16 bits per heavy atom. The first-order chi connectivity index (χ1) is 17.4. The summed E-state index contributed by atoms with van der Waals surface area (Å²) in [5, 5.41) is 12.8. The number of hydrogen-bond donors (Lipinski definition) is 4. The molecule has 1 amide bonds. The van der Waals surface area contributed by atoms with E-state index >= 15 is 0 Å². The van der Waals surface area contributed by atoms with Gasteiger partial charge in [0.05, 0.1) is 37.0 Å². The Morgan fingerprint density at radius 2 is 1.86 bits per heavy atom. The maximum atomic E-state index is 13.4. The van der Waals surface area contributed by atoms with Crippen LogP contribution in [0.4, 0.5) is 5.69 Å². The van der Waals surface area contributed by atoms with Crippen LogP contribution in [0.25, 0.3) is 0 Å². The van der Waals surface area contributed by atoms with Crippen LogP contribution in [0.15, 0.2) is 34.2 Å². The smallest absolute Gasteiger partial charge is 0.359 e. The third-order valence-corrected chi connectivity index (χ3v) is 8.57. The largest absolute Gasteiger partial charge is 0.477 e. The lowest BCUT2D eigenvalue weighted by atomic mass is 10.1. The molecular formula is C24H29ClN5O6S+. The average molecular weight is 551 g/mol. The molecule has 1 saturated heterocycles. The number of aliphatic carboxylic acids is 1. The summed E-state index contributed by atoms with van der Waals surface area (Å²) in [6.45, 7) is 4.43. The number of quaternary nitrogens is 1. The molecule has 0 spiro atoms. The summed E-state index contributed by atoms with van der Waals surface area (Å²) in [4.78, 5) is 27.0. The number of aryl methyl sites for hydroxylation is 1. The van der Waals surface area contributed by atoms with Gasteiger partial charge in [0.25, 0.3) is 5.91 Å². The molecule has 0 radical (unpaired) electrons. The Bertz CT molecular complexity index is 1400. The molecule has 198 valence electrons. The van der Waals surface area contributed by atoms with Gasteiger partial charge in [-0.2, -0.15) is 4.99 Å². The minimum absolute atomic E-state index is 0.0107. The number of likely N-dealkylation sites (tertiary alicyclic amines) is 1. The number of hydrogen-bond acceptors (Lipinski definition) is 6. The number of anilines is 1. The number of amides is 1. The number of carbonyl (C=O) groups excluding carboxylic acids is 1. The van der Waals surface area contributed by atoms with Crippen LogP contribution in [-0.4, -0.2) is 68.6 Å². The molecule has 2 aromatic carbocycles. The van der Waals surface area contributed by atoms with Crippen LogP contribution in [0.5, 0.6) is 11.5 Å². The van der Waals surface area contributed by atoms with E-state index in [4.69, 9.17) is 27.8 Å². The van der Waals surface area contributed by atoms with E-state index in [9.17, 15) is 23.1 Å². The van der Waals surface area contributed by atoms with E-state index in [1.54, 1.807) is 19.1 Å². The maximum absolute atomic E-state index is 13.4. The molecule has 11 nitrogen and oxygen atoms in total. The molecule has 2 heterocycles. The van der Waals surface area contributed by atoms with Gasteiger partial charge in [-0.25, -0.2) is 13.2 Å². The number of sulfone groups is 1. The first-order valence-corrected chi connectivity index (χ1v) is 13.7. The van der Waals surface area contributed by atoms with Crippen LogP contribution < -0.4 is 21.5 Å². The SMILES string of the molecule is Cc1cc(C(=O)N=C(N)N)cc2c1Oc1c(Cl)cc(NCC[N+]3(CC(=O)O)CCCC3)cc1CS2(=O)=O. The molecule has 6 N–H and O–H groups in total. The van der Waals surface area contributed by atoms with Crippen LogP contribution in [0.3, 0.4) is 0 Å². The first kappa shape index (κ1) is 26.7. The van der Waals surface area contributed by atoms with Gasteiger partial charge in [0.1, 0.15) is 16.4 Å². The number of halogens is 1. The van der Waals surface area contributed by atoms with E-state index < -0.39 is 33.4 Å². The van der Waals surface area contributed by atoms with Crippen molar-refractivity contribution in [3.63, 3.8) is 0 Å². The molecule has 0 aliphatic carbocycles. The highest BCUT2D eigenvalue weighted by molar-refractivity contribution is 7.90.